The minimum atomic E-state index is -4.28. The van der Waals surface area contributed by atoms with E-state index in [2.05, 4.69) is 16.5 Å². The molecule has 0 saturated carbocycles. The number of nitrogens with zero attached hydrogens (tertiary/aromatic N) is 1. The monoisotopic (exact) mass is 239 g/mol. The second kappa shape index (κ2) is 3.67. The van der Waals surface area contributed by atoms with Crippen LogP contribution in [0.25, 0.3) is 0 Å². The second-order valence-electron chi connectivity index (χ2n) is 2.95. The van der Waals surface area contributed by atoms with E-state index in [1.165, 1.54) is 0 Å². The first kappa shape index (κ1) is 11.7. The normalized spacial score (nSPS) is 31.2. The quantitative estimate of drug-likeness (QED) is 0.619. The van der Waals surface area contributed by atoms with Gasteiger partial charge < -0.3 is 14.5 Å². The SMILES string of the molecule is COC(=O)[N+]1(P([O-])(O)=S)CCCC1=O. The maximum absolute atomic E-state index is 11.4. The maximum atomic E-state index is 11.4. The molecule has 1 fully saturated rings. The number of methoxy groups -OCH3 is 1. The van der Waals surface area contributed by atoms with Crippen LogP contribution in [0.3, 0.4) is 0 Å². The molecule has 1 saturated heterocycles. The third kappa shape index (κ3) is 1.51. The molecule has 2 amide bonds. The number of quaternary nitrogens is 1. The fourth-order valence-corrected chi connectivity index (χ4v) is 3.27. The number of amides is 2. The van der Waals surface area contributed by atoms with Gasteiger partial charge in [-0.3, -0.25) is 0 Å². The molecule has 1 N–H and O–H groups in total. The number of carbonyl (C=O) groups is 2. The van der Waals surface area contributed by atoms with E-state index in [0.717, 1.165) is 7.11 Å². The molecular weight excluding hydrogens is 229 g/mol. The lowest BCUT2D eigenvalue weighted by Crippen LogP contribution is -2.52. The van der Waals surface area contributed by atoms with E-state index in [0.29, 0.717) is 6.42 Å². The Balaban J connectivity index is 3.22. The van der Waals surface area contributed by atoms with Crippen molar-refractivity contribution in [3.05, 3.63) is 0 Å². The van der Waals surface area contributed by atoms with Crippen molar-refractivity contribution >= 4 is 30.4 Å². The van der Waals surface area contributed by atoms with Gasteiger partial charge in [-0.1, -0.05) is 0 Å². The van der Waals surface area contributed by atoms with E-state index >= 15 is 0 Å². The molecular formula is C6H10NO5PS. The molecule has 0 bridgehead atoms. The first-order chi connectivity index (χ1) is 6.36. The summed E-state index contributed by atoms with van der Waals surface area (Å²) < 4.78 is 3.11. The largest absolute Gasteiger partial charge is 0.753 e. The summed E-state index contributed by atoms with van der Waals surface area (Å²) in [6.07, 6.45) is -0.598. The predicted molar refractivity (Wildman–Crippen MR) is 48.3 cm³/mol. The zero-order valence-corrected chi connectivity index (χ0v) is 9.22. The number of ether oxygens (including phenoxy) is 1. The van der Waals surface area contributed by atoms with Crippen LogP contribution in [0, 0.1) is 0 Å². The average Bonchev–Trinajstić information content (AvgIpc) is 2.45. The predicted octanol–water partition coefficient (Wildman–Crippen LogP) is -0.533. The van der Waals surface area contributed by atoms with Gasteiger partial charge in [0.1, 0.15) is 0 Å². The Kier molecular flexibility index (Phi) is 3.08. The van der Waals surface area contributed by atoms with Gasteiger partial charge in [-0.25, -0.2) is 4.79 Å². The topological polar surface area (TPSA) is 86.7 Å². The minimum Gasteiger partial charge on any atom is -0.753 e. The van der Waals surface area contributed by atoms with Crippen LogP contribution in [0.2, 0.25) is 0 Å². The van der Waals surface area contributed by atoms with Gasteiger partial charge >= 0.3 is 12.0 Å². The van der Waals surface area contributed by atoms with Crippen molar-refractivity contribution in [2.24, 2.45) is 0 Å². The molecule has 2 unspecified atom stereocenters. The molecule has 80 valence electrons. The summed E-state index contributed by atoms with van der Waals surface area (Å²) in [6.45, 7) is -4.33. The summed E-state index contributed by atoms with van der Waals surface area (Å²) in [6, 6.07) is 0. The minimum absolute atomic E-state index is 0.0528. The van der Waals surface area contributed by atoms with Crippen molar-refractivity contribution in [2.75, 3.05) is 13.7 Å². The van der Waals surface area contributed by atoms with Crippen molar-refractivity contribution in [3.63, 3.8) is 0 Å². The molecule has 0 aromatic heterocycles. The summed E-state index contributed by atoms with van der Waals surface area (Å²) in [7, 11) is 1.05. The standard InChI is InChI=1S/C6H10NO5PS/c1-12-6(9)7(13(10,11)14)4-2-3-5(7)8/h2-4H2,1H3,(H-,10,11,14). The highest BCUT2D eigenvalue weighted by Crippen LogP contribution is 2.49. The smallest absolute Gasteiger partial charge is 0.525 e. The van der Waals surface area contributed by atoms with Crippen molar-refractivity contribution in [1.82, 2.24) is 0 Å². The number of hydrogen-bond acceptors (Lipinski definition) is 5. The van der Waals surface area contributed by atoms with E-state index in [4.69, 9.17) is 0 Å². The fourth-order valence-electron chi connectivity index (χ4n) is 1.48. The van der Waals surface area contributed by atoms with Crippen molar-refractivity contribution in [3.8, 4) is 0 Å². The Bertz CT molecular complexity index is 326. The molecule has 6 nitrogen and oxygen atoms in total. The zero-order chi connectivity index (χ0) is 11.0. The molecule has 1 rings (SSSR count). The van der Waals surface area contributed by atoms with Crippen LogP contribution < -0.4 is 4.89 Å². The van der Waals surface area contributed by atoms with Crippen LogP contribution in [0.1, 0.15) is 12.8 Å². The number of likely N-dealkylation sites (tertiary alicyclic amines) is 1. The van der Waals surface area contributed by atoms with Gasteiger partial charge in [0.05, 0.1) is 20.1 Å². The van der Waals surface area contributed by atoms with Crippen molar-refractivity contribution in [2.45, 2.75) is 12.8 Å². The summed E-state index contributed by atoms with van der Waals surface area (Å²) >= 11 is 4.34. The second-order valence-corrected chi connectivity index (χ2v) is 6.04. The highest BCUT2D eigenvalue weighted by atomic mass is 32.5. The Morgan fingerprint density at radius 2 is 2.36 bits per heavy atom. The molecule has 0 aliphatic carbocycles. The summed E-state index contributed by atoms with van der Waals surface area (Å²) in [4.78, 5) is 43.4. The van der Waals surface area contributed by atoms with Gasteiger partial charge in [-0.05, 0) is 11.8 Å². The summed E-state index contributed by atoms with van der Waals surface area (Å²) in [5, 5.41) is 0. The first-order valence-electron chi connectivity index (χ1n) is 3.90. The first-order valence-corrected chi connectivity index (χ1v) is 6.53. The van der Waals surface area contributed by atoms with Crippen molar-refractivity contribution < 1.29 is 28.4 Å². The van der Waals surface area contributed by atoms with E-state index in [9.17, 15) is 19.4 Å². The van der Waals surface area contributed by atoms with E-state index in [1.54, 1.807) is 0 Å². The van der Waals surface area contributed by atoms with Gasteiger partial charge in [0, 0.05) is 6.42 Å². The van der Waals surface area contributed by atoms with Gasteiger partial charge in [0.2, 0.25) is 0 Å². The third-order valence-corrected chi connectivity index (χ3v) is 4.48. The molecule has 8 heteroatoms. The van der Waals surface area contributed by atoms with Gasteiger partial charge in [0.25, 0.3) is 0 Å². The van der Waals surface area contributed by atoms with E-state index in [1.807, 2.05) is 0 Å². The average molecular weight is 239 g/mol. The number of carbonyl (C=O) groups excluding carboxylic acids is 2. The highest BCUT2D eigenvalue weighted by molar-refractivity contribution is 8.05. The number of imide groups is 1. The molecule has 1 aliphatic heterocycles. The van der Waals surface area contributed by atoms with Crippen LogP contribution in [0.5, 0.6) is 0 Å². The molecule has 14 heavy (non-hydrogen) atoms. The molecule has 1 heterocycles. The van der Waals surface area contributed by atoms with Crippen LogP contribution in [-0.4, -0.2) is 34.8 Å². The molecule has 0 aromatic carbocycles. The lowest BCUT2D eigenvalue weighted by Gasteiger charge is -2.36. The molecule has 0 radical (unpaired) electrons. The van der Waals surface area contributed by atoms with Crippen LogP contribution in [0.4, 0.5) is 4.79 Å². The Morgan fingerprint density at radius 1 is 1.79 bits per heavy atom. The zero-order valence-electron chi connectivity index (χ0n) is 7.50. The van der Waals surface area contributed by atoms with E-state index in [-0.39, 0.29) is 13.0 Å². The van der Waals surface area contributed by atoms with Crippen LogP contribution in [-0.2, 0) is 21.3 Å². The van der Waals surface area contributed by atoms with E-state index < -0.39 is 22.9 Å². The number of rotatable bonds is 1. The Morgan fingerprint density at radius 3 is 2.64 bits per heavy atom. The van der Waals surface area contributed by atoms with Crippen LogP contribution in [0.15, 0.2) is 0 Å². The van der Waals surface area contributed by atoms with Gasteiger partial charge in [-0.15, -0.1) is 4.25 Å². The third-order valence-electron chi connectivity index (χ3n) is 2.19. The van der Waals surface area contributed by atoms with Gasteiger partial charge in [0.15, 0.2) is 6.64 Å². The fraction of sp³-hybridized carbons (Fsp3) is 0.667. The Labute approximate surface area is 85.9 Å². The maximum Gasteiger partial charge on any atom is 0.525 e. The lowest BCUT2D eigenvalue weighted by atomic mass is 10.4. The van der Waals surface area contributed by atoms with Gasteiger partial charge in [-0.2, -0.15) is 4.79 Å². The molecule has 1 aliphatic rings. The Hall–Kier alpha value is -0.330. The molecule has 2 atom stereocenters. The molecule has 0 spiro atoms. The summed E-state index contributed by atoms with van der Waals surface area (Å²) in [5.74, 6) is -0.641. The van der Waals surface area contributed by atoms with Crippen LogP contribution >= 0.6 is 6.64 Å². The lowest BCUT2D eigenvalue weighted by molar-refractivity contribution is -0.673. The van der Waals surface area contributed by atoms with Crippen molar-refractivity contribution in [1.29, 1.82) is 0 Å². The highest BCUT2D eigenvalue weighted by Gasteiger charge is 2.54. The molecule has 0 aromatic rings. The number of hydrogen-bond donors (Lipinski definition) is 1. The summed E-state index contributed by atoms with van der Waals surface area (Å²) in [5.41, 5.74) is 0.